The predicted molar refractivity (Wildman–Crippen MR) is 33.9 cm³/mol. The van der Waals surface area contributed by atoms with Gasteiger partial charge in [-0.25, -0.2) is 13.1 Å². The first kappa shape index (κ1) is 11.4. The number of hydrogen-bond donors (Lipinski definition) is 1. The van der Waals surface area contributed by atoms with Gasteiger partial charge in [0.25, 0.3) is 5.78 Å². The molecule has 72 valence electrons. The second-order valence-electron chi connectivity index (χ2n) is 2.01. The molecule has 0 rings (SSSR count). The smallest absolute Gasteiger partial charge is 0.288 e. The van der Waals surface area contributed by atoms with Crippen LogP contribution in [-0.2, 0) is 14.8 Å². The number of halogens is 3. The van der Waals surface area contributed by atoms with Gasteiger partial charge in [0.2, 0.25) is 10.0 Å². The number of nitrogens with one attached hydrogen (secondary N) is 1. The van der Waals surface area contributed by atoms with Crippen LogP contribution in [0.15, 0.2) is 0 Å². The molecule has 0 spiro atoms. The number of rotatable bonds is 3. The van der Waals surface area contributed by atoms with Gasteiger partial charge >= 0.3 is 6.18 Å². The quantitative estimate of drug-likeness (QED) is 0.686. The highest BCUT2D eigenvalue weighted by Crippen LogP contribution is 2.14. The summed E-state index contributed by atoms with van der Waals surface area (Å²) in [4.78, 5) is 10.1. The van der Waals surface area contributed by atoms with Crippen LogP contribution >= 0.6 is 0 Å². The molecule has 0 atom stereocenters. The molecule has 0 aromatic carbocycles. The van der Waals surface area contributed by atoms with Crippen molar-refractivity contribution in [3.05, 3.63) is 0 Å². The van der Waals surface area contributed by atoms with Crippen LogP contribution in [0, 0.1) is 0 Å². The van der Waals surface area contributed by atoms with E-state index in [2.05, 4.69) is 0 Å². The van der Waals surface area contributed by atoms with Gasteiger partial charge in [0.15, 0.2) is 0 Å². The molecule has 8 heteroatoms. The lowest BCUT2D eigenvalue weighted by Gasteiger charge is -2.04. The molecule has 0 aromatic rings. The lowest BCUT2D eigenvalue weighted by molar-refractivity contribution is -0.169. The molecule has 0 unspecified atom stereocenters. The second kappa shape index (κ2) is 3.40. The third kappa shape index (κ3) is 5.08. The number of sulfonamides is 1. The minimum atomic E-state index is -4.99. The largest absolute Gasteiger partial charge is 0.451 e. The summed E-state index contributed by atoms with van der Waals surface area (Å²) in [5.74, 6) is -2.12. The zero-order valence-corrected chi connectivity index (χ0v) is 6.79. The number of ketones is 1. The molecule has 0 radical (unpaired) electrons. The Bertz CT molecular complexity index is 268. The molecule has 12 heavy (non-hydrogen) atoms. The van der Waals surface area contributed by atoms with Crippen LogP contribution in [0.4, 0.5) is 13.2 Å². The Labute approximate surface area is 66.8 Å². The number of hydrogen-bond acceptors (Lipinski definition) is 3. The van der Waals surface area contributed by atoms with Crippen LogP contribution in [-0.4, -0.2) is 33.2 Å². The fraction of sp³-hybridized carbons (Fsp3) is 0.750. The van der Waals surface area contributed by atoms with Crippen molar-refractivity contribution in [3.63, 3.8) is 0 Å². The normalized spacial score (nSPS) is 13.0. The maximum atomic E-state index is 11.4. The molecule has 0 aromatic heterocycles. The summed E-state index contributed by atoms with van der Waals surface area (Å²) in [5.41, 5.74) is 0. The predicted octanol–water partition coefficient (Wildman–Crippen LogP) is -0.333. The Morgan fingerprint density at radius 1 is 1.42 bits per heavy atom. The first-order valence-electron chi connectivity index (χ1n) is 2.67. The van der Waals surface area contributed by atoms with Crippen molar-refractivity contribution in [2.45, 2.75) is 6.18 Å². The number of carbonyl (C=O) groups excluding carboxylic acids is 1. The van der Waals surface area contributed by atoms with E-state index in [0.717, 1.165) is 0 Å². The van der Waals surface area contributed by atoms with Crippen molar-refractivity contribution >= 4 is 15.8 Å². The molecular formula is C4H6F3NO3S. The molecule has 0 saturated heterocycles. The highest BCUT2D eigenvalue weighted by molar-refractivity contribution is 7.88. The van der Waals surface area contributed by atoms with E-state index in [0.29, 0.717) is 6.26 Å². The van der Waals surface area contributed by atoms with Gasteiger partial charge in [-0.05, 0) is 0 Å². The van der Waals surface area contributed by atoms with E-state index in [1.165, 1.54) is 4.72 Å². The Morgan fingerprint density at radius 3 is 2.08 bits per heavy atom. The zero-order chi connectivity index (χ0) is 9.99. The highest BCUT2D eigenvalue weighted by atomic mass is 32.2. The third-order valence-corrected chi connectivity index (χ3v) is 1.48. The molecule has 0 fully saturated rings. The summed E-state index contributed by atoms with van der Waals surface area (Å²) < 4.78 is 56.2. The van der Waals surface area contributed by atoms with Crippen LogP contribution in [0.3, 0.4) is 0 Å². The van der Waals surface area contributed by atoms with Crippen LogP contribution < -0.4 is 4.72 Å². The van der Waals surface area contributed by atoms with Gasteiger partial charge in [-0.2, -0.15) is 13.2 Å². The minimum absolute atomic E-state index is 0.663. The molecule has 0 saturated carbocycles. The Morgan fingerprint density at radius 2 is 1.83 bits per heavy atom. The molecule has 4 nitrogen and oxygen atoms in total. The van der Waals surface area contributed by atoms with Gasteiger partial charge in [0, 0.05) is 0 Å². The Hall–Kier alpha value is -0.630. The summed E-state index contributed by atoms with van der Waals surface area (Å²) in [6, 6.07) is 0. The monoisotopic (exact) mass is 205 g/mol. The van der Waals surface area contributed by atoms with Gasteiger partial charge in [0.1, 0.15) is 0 Å². The average molecular weight is 205 g/mol. The standard InChI is InChI=1S/C4H6F3NO3S/c1-12(10,11)8-2-3(9)4(5,6)7/h8H,2H2,1H3. The fourth-order valence-corrected chi connectivity index (χ4v) is 0.690. The molecule has 0 aliphatic rings. The van der Waals surface area contributed by atoms with Crippen molar-refractivity contribution in [2.75, 3.05) is 12.8 Å². The summed E-state index contributed by atoms with van der Waals surface area (Å²) in [6.07, 6.45) is -4.33. The van der Waals surface area contributed by atoms with Crippen molar-refractivity contribution in [3.8, 4) is 0 Å². The molecule has 0 aliphatic carbocycles. The lowest BCUT2D eigenvalue weighted by Crippen LogP contribution is -2.36. The van der Waals surface area contributed by atoms with Crippen molar-refractivity contribution < 1.29 is 26.4 Å². The molecule has 0 amide bonds. The first-order valence-corrected chi connectivity index (χ1v) is 4.57. The Kier molecular flexibility index (Phi) is 3.22. The van der Waals surface area contributed by atoms with Gasteiger partial charge in [0.05, 0.1) is 12.8 Å². The van der Waals surface area contributed by atoms with E-state index in [9.17, 15) is 26.4 Å². The molecule has 1 N–H and O–H groups in total. The summed E-state index contributed by atoms with van der Waals surface area (Å²) in [5, 5.41) is 0. The first-order chi connectivity index (χ1) is 5.13. The van der Waals surface area contributed by atoms with Crippen molar-refractivity contribution in [1.82, 2.24) is 4.72 Å². The molecule has 0 bridgehead atoms. The molecule has 0 aliphatic heterocycles. The Balaban J connectivity index is 4.07. The van der Waals surface area contributed by atoms with Crippen LogP contribution in [0.25, 0.3) is 0 Å². The van der Waals surface area contributed by atoms with Crippen molar-refractivity contribution in [2.24, 2.45) is 0 Å². The van der Waals surface area contributed by atoms with Crippen molar-refractivity contribution in [1.29, 1.82) is 0 Å². The van der Waals surface area contributed by atoms with Crippen LogP contribution in [0.5, 0.6) is 0 Å². The van der Waals surface area contributed by atoms with E-state index in [-0.39, 0.29) is 0 Å². The zero-order valence-electron chi connectivity index (χ0n) is 5.97. The van der Waals surface area contributed by atoms with Gasteiger partial charge in [-0.15, -0.1) is 0 Å². The molecule has 0 heterocycles. The third-order valence-electron chi connectivity index (χ3n) is 0.811. The number of carbonyl (C=O) groups is 1. The van der Waals surface area contributed by atoms with Gasteiger partial charge in [-0.1, -0.05) is 0 Å². The second-order valence-corrected chi connectivity index (χ2v) is 3.85. The van der Waals surface area contributed by atoms with E-state index in [1.54, 1.807) is 0 Å². The van der Waals surface area contributed by atoms with E-state index < -0.39 is 28.5 Å². The lowest BCUT2D eigenvalue weighted by atomic mass is 10.4. The van der Waals surface area contributed by atoms with Gasteiger partial charge < -0.3 is 0 Å². The maximum Gasteiger partial charge on any atom is 0.451 e. The fourth-order valence-electron chi connectivity index (χ4n) is 0.297. The maximum absolute atomic E-state index is 11.4. The topological polar surface area (TPSA) is 63.2 Å². The highest BCUT2D eigenvalue weighted by Gasteiger charge is 2.37. The molecular weight excluding hydrogens is 199 g/mol. The van der Waals surface area contributed by atoms with E-state index >= 15 is 0 Å². The average Bonchev–Trinajstić information content (AvgIpc) is 1.78. The van der Waals surface area contributed by atoms with Crippen LogP contribution in [0.1, 0.15) is 0 Å². The SMILES string of the molecule is CS(=O)(=O)NCC(=O)C(F)(F)F. The van der Waals surface area contributed by atoms with E-state index in [1.807, 2.05) is 0 Å². The number of Topliss-reactive ketones (excluding diaryl/α,β-unsaturated/α-hetero) is 1. The summed E-state index contributed by atoms with van der Waals surface area (Å²) in [6.45, 7) is -1.25. The van der Waals surface area contributed by atoms with E-state index in [4.69, 9.17) is 0 Å². The minimum Gasteiger partial charge on any atom is -0.288 e. The summed E-state index contributed by atoms with van der Waals surface area (Å²) in [7, 11) is -3.75. The van der Waals surface area contributed by atoms with Crippen LogP contribution in [0.2, 0.25) is 0 Å². The number of alkyl halides is 3. The summed E-state index contributed by atoms with van der Waals surface area (Å²) >= 11 is 0. The van der Waals surface area contributed by atoms with Gasteiger partial charge in [-0.3, -0.25) is 4.79 Å².